The summed E-state index contributed by atoms with van der Waals surface area (Å²) in [5.41, 5.74) is 7.92. The summed E-state index contributed by atoms with van der Waals surface area (Å²) in [7, 11) is 0. The van der Waals surface area contributed by atoms with E-state index in [2.05, 4.69) is 10.2 Å². The quantitative estimate of drug-likeness (QED) is 0.888. The second kappa shape index (κ2) is 4.59. The third-order valence-electron chi connectivity index (χ3n) is 3.99. The highest BCUT2D eigenvalue weighted by molar-refractivity contribution is 5.80. The zero-order valence-electron chi connectivity index (χ0n) is 11.4. The minimum absolute atomic E-state index is 0.247. The van der Waals surface area contributed by atoms with E-state index in [0.717, 1.165) is 42.2 Å². The Morgan fingerprint density at radius 1 is 1.10 bits per heavy atom. The third kappa shape index (κ3) is 2.18. The number of benzene rings is 1. The molecule has 1 aliphatic carbocycles. The molecule has 0 bridgehead atoms. The van der Waals surface area contributed by atoms with Crippen molar-refractivity contribution in [3.8, 4) is 0 Å². The van der Waals surface area contributed by atoms with Crippen LogP contribution < -0.4 is 16.0 Å². The number of nitrogens with two attached hydrogens (primary N) is 1. The topological polar surface area (TPSA) is 67.1 Å². The SMILES string of the molecule is N[C@H]1CCN(c2nc3ccccc3nc2NC2CC2)C1. The average molecular weight is 269 g/mol. The highest BCUT2D eigenvalue weighted by Crippen LogP contribution is 2.31. The van der Waals surface area contributed by atoms with Gasteiger partial charge in [0, 0.05) is 25.2 Å². The van der Waals surface area contributed by atoms with Gasteiger partial charge in [0.1, 0.15) is 0 Å². The van der Waals surface area contributed by atoms with Crippen LogP contribution in [0.15, 0.2) is 24.3 Å². The molecule has 1 saturated heterocycles. The van der Waals surface area contributed by atoms with Crippen molar-refractivity contribution in [1.82, 2.24) is 9.97 Å². The minimum atomic E-state index is 0.247. The number of para-hydroxylation sites is 2. The molecule has 104 valence electrons. The number of nitrogens with zero attached hydrogens (tertiary/aromatic N) is 3. The van der Waals surface area contributed by atoms with Crippen molar-refractivity contribution in [3.05, 3.63) is 24.3 Å². The zero-order valence-corrected chi connectivity index (χ0v) is 11.4. The van der Waals surface area contributed by atoms with E-state index in [1.807, 2.05) is 24.3 Å². The largest absolute Gasteiger partial charge is 0.364 e. The molecule has 5 nitrogen and oxygen atoms in total. The molecule has 0 amide bonds. The van der Waals surface area contributed by atoms with E-state index in [1.165, 1.54) is 12.8 Å². The minimum Gasteiger partial charge on any atom is -0.364 e. The molecular weight excluding hydrogens is 250 g/mol. The van der Waals surface area contributed by atoms with Crippen molar-refractivity contribution >= 4 is 22.7 Å². The van der Waals surface area contributed by atoms with Gasteiger partial charge in [0.25, 0.3) is 0 Å². The Morgan fingerprint density at radius 2 is 1.85 bits per heavy atom. The van der Waals surface area contributed by atoms with Gasteiger partial charge in [-0.3, -0.25) is 0 Å². The van der Waals surface area contributed by atoms with Crippen LogP contribution in [0.4, 0.5) is 11.6 Å². The molecular formula is C15H19N5. The zero-order chi connectivity index (χ0) is 13.5. The summed E-state index contributed by atoms with van der Waals surface area (Å²) in [4.78, 5) is 11.8. The van der Waals surface area contributed by atoms with Gasteiger partial charge >= 0.3 is 0 Å². The highest BCUT2D eigenvalue weighted by atomic mass is 15.3. The lowest BCUT2D eigenvalue weighted by atomic mass is 10.3. The van der Waals surface area contributed by atoms with E-state index in [9.17, 15) is 0 Å². The van der Waals surface area contributed by atoms with E-state index >= 15 is 0 Å². The van der Waals surface area contributed by atoms with Crippen molar-refractivity contribution in [2.45, 2.75) is 31.3 Å². The van der Waals surface area contributed by atoms with E-state index < -0.39 is 0 Å². The van der Waals surface area contributed by atoms with Crippen LogP contribution in [-0.2, 0) is 0 Å². The fourth-order valence-corrected chi connectivity index (χ4v) is 2.71. The Bertz CT molecular complexity index is 637. The molecule has 1 aromatic carbocycles. The average Bonchev–Trinajstić information content (AvgIpc) is 3.17. The predicted octanol–water partition coefficient (Wildman–Crippen LogP) is 1.74. The number of nitrogens with one attached hydrogen (secondary N) is 1. The van der Waals surface area contributed by atoms with Gasteiger partial charge < -0.3 is 16.0 Å². The molecule has 1 aliphatic heterocycles. The summed E-state index contributed by atoms with van der Waals surface area (Å²) in [5.74, 6) is 1.88. The Hall–Kier alpha value is -1.88. The number of hydrogen-bond acceptors (Lipinski definition) is 5. The smallest absolute Gasteiger partial charge is 0.172 e. The van der Waals surface area contributed by atoms with Gasteiger partial charge in [0.05, 0.1) is 11.0 Å². The first kappa shape index (κ1) is 11.9. The number of anilines is 2. The number of fused-ring (bicyclic) bond motifs is 1. The Balaban J connectivity index is 1.78. The van der Waals surface area contributed by atoms with Crippen molar-refractivity contribution in [2.75, 3.05) is 23.3 Å². The van der Waals surface area contributed by atoms with Crippen molar-refractivity contribution in [3.63, 3.8) is 0 Å². The van der Waals surface area contributed by atoms with Gasteiger partial charge in [-0.15, -0.1) is 0 Å². The standard InChI is InChI=1S/C15H19N5/c16-10-7-8-20(9-10)15-14(17-11-5-6-11)18-12-3-1-2-4-13(12)19-15/h1-4,10-11H,5-9,16H2,(H,17,18)/t10-/m0/s1. The molecule has 2 heterocycles. The molecule has 2 aliphatic rings. The molecule has 2 fully saturated rings. The van der Waals surface area contributed by atoms with E-state index in [0.29, 0.717) is 6.04 Å². The van der Waals surface area contributed by atoms with Gasteiger partial charge in [0.2, 0.25) is 0 Å². The van der Waals surface area contributed by atoms with Crippen LogP contribution in [0.1, 0.15) is 19.3 Å². The van der Waals surface area contributed by atoms with Crippen molar-refractivity contribution < 1.29 is 0 Å². The summed E-state index contributed by atoms with van der Waals surface area (Å²) >= 11 is 0. The fraction of sp³-hybridized carbons (Fsp3) is 0.467. The van der Waals surface area contributed by atoms with E-state index in [1.54, 1.807) is 0 Å². The van der Waals surface area contributed by atoms with Gasteiger partial charge in [-0.1, -0.05) is 12.1 Å². The Morgan fingerprint density at radius 3 is 2.50 bits per heavy atom. The normalized spacial score (nSPS) is 22.4. The molecule has 1 atom stereocenters. The first-order valence-electron chi connectivity index (χ1n) is 7.33. The van der Waals surface area contributed by atoms with Crippen LogP contribution in [0.3, 0.4) is 0 Å². The first-order chi connectivity index (χ1) is 9.79. The van der Waals surface area contributed by atoms with Gasteiger partial charge in [-0.05, 0) is 31.4 Å². The number of rotatable bonds is 3. The van der Waals surface area contributed by atoms with Gasteiger partial charge in [-0.2, -0.15) is 0 Å². The van der Waals surface area contributed by atoms with Crippen LogP contribution in [-0.4, -0.2) is 35.1 Å². The summed E-state index contributed by atoms with van der Waals surface area (Å²) in [6.07, 6.45) is 3.48. The highest BCUT2D eigenvalue weighted by Gasteiger charge is 2.27. The van der Waals surface area contributed by atoms with E-state index in [-0.39, 0.29) is 6.04 Å². The maximum absolute atomic E-state index is 6.03. The molecule has 5 heteroatoms. The molecule has 1 aromatic heterocycles. The summed E-state index contributed by atoms with van der Waals surface area (Å²) < 4.78 is 0. The van der Waals surface area contributed by atoms with Gasteiger partial charge in [0.15, 0.2) is 11.6 Å². The molecule has 0 spiro atoms. The molecule has 1 saturated carbocycles. The lowest BCUT2D eigenvalue weighted by molar-refractivity contribution is 0.751. The van der Waals surface area contributed by atoms with Gasteiger partial charge in [-0.25, -0.2) is 9.97 Å². The molecule has 0 unspecified atom stereocenters. The van der Waals surface area contributed by atoms with E-state index in [4.69, 9.17) is 15.7 Å². The maximum Gasteiger partial charge on any atom is 0.172 e. The molecule has 4 rings (SSSR count). The van der Waals surface area contributed by atoms with Crippen molar-refractivity contribution in [1.29, 1.82) is 0 Å². The fourth-order valence-electron chi connectivity index (χ4n) is 2.71. The lowest BCUT2D eigenvalue weighted by Gasteiger charge is -2.20. The Labute approximate surface area is 118 Å². The maximum atomic E-state index is 6.03. The van der Waals surface area contributed by atoms with Crippen LogP contribution in [0.5, 0.6) is 0 Å². The lowest BCUT2D eigenvalue weighted by Crippen LogP contribution is -2.28. The second-order valence-electron chi connectivity index (χ2n) is 5.80. The predicted molar refractivity (Wildman–Crippen MR) is 81.0 cm³/mol. The number of aromatic nitrogens is 2. The third-order valence-corrected chi connectivity index (χ3v) is 3.99. The van der Waals surface area contributed by atoms with Crippen LogP contribution in [0.25, 0.3) is 11.0 Å². The first-order valence-corrected chi connectivity index (χ1v) is 7.33. The molecule has 3 N–H and O–H groups in total. The number of hydrogen-bond donors (Lipinski definition) is 2. The second-order valence-corrected chi connectivity index (χ2v) is 5.80. The van der Waals surface area contributed by atoms with Crippen LogP contribution in [0.2, 0.25) is 0 Å². The summed E-state index contributed by atoms with van der Waals surface area (Å²) in [6, 6.07) is 8.86. The Kier molecular flexibility index (Phi) is 2.73. The van der Waals surface area contributed by atoms with Crippen LogP contribution >= 0.6 is 0 Å². The monoisotopic (exact) mass is 269 g/mol. The summed E-state index contributed by atoms with van der Waals surface area (Å²) in [6.45, 7) is 1.83. The molecule has 20 heavy (non-hydrogen) atoms. The molecule has 2 aromatic rings. The summed E-state index contributed by atoms with van der Waals surface area (Å²) in [5, 5.41) is 3.51. The molecule has 0 radical (unpaired) electrons. The van der Waals surface area contributed by atoms with Crippen molar-refractivity contribution in [2.24, 2.45) is 5.73 Å². The van der Waals surface area contributed by atoms with Crippen LogP contribution in [0, 0.1) is 0 Å².